The molecule has 6 nitrogen and oxygen atoms in total. The van der Waals surface area contributed by atoms with E-state index in [1.54, 1.807) is 0 Å². The molecule has 0 aliphatic heterocycles. The number of aliphatic hydroxyl groups excluding tert-OH is 3. The van der Waals surface area contributed by atoms with Gasteiger partial charge in [0, 0.05) is 0 Å². The molecule has 0 spiro atoms. The van der Waals surface area contributed by atoms with Gasteiger partial charge in [-0.3, -0.25) is 4.79 Å². The lowest BCUT2D eigenvalue weighted by Crippen LogP contribution is -2.63. The Labute approximate surface area is 117 Å². The van der Waals surface area contributed by atoms with Crippen molar-refractivity contribution >= 4 is 5.97 Å². The van der Waals surface area contributed by atoms with E-state index in [1.165, 1.54) is 0 Å². The van der Waals surface area contributed by atoms with E-state index in [0.717, 1.165) is 5.56 Å². The van der Waals surface area contributed by atoms with E-state index in [0.29, 0.717) is 12.8 Å². The monoisotopic (exact) mass is 283 g/mol. The van der Waals surface area contributed by atoms with E-state index in [9.17, 15) is 15.0 Å². The summed E-state index contributed by atoms with van der Waals surface area (Å²) in [6.07, 6.45) is -1.55. The molecule has 0 saturated carbocycles. The van der Waals surface area contributed by atoms with Gasteiger partial charge in [0.25, 0.3) is 0 Å². The Kier molecular flexibility index (Phi) is 6.09. The molecule has 0 saturated heterocycles. The molecule has 0 amide bonds. The summed E-state index contributed by atoms with van der Waals surface area (Å²) in [5, 5.41) is 37.5. The number of carboxylic acid groups (broad SMARTS) is 1. The van der Waals surface area contributed by atoms with Gasteiger partial charge < -0.3 is 26.2 Å². The smallest absolute Gasteiger partial charge is 0.328 e. The van der Waals surface area contributed by atoms with Crippen LogP contribution in [0.5, 0.6) is 0 Å². The molecule has 0 bridgehead atoms. The van der Waals surface area contributed by atoms with Gasteiger partial charge in [0.05, 0.1) is 12.7 Å². The third-order valence-electron chi connectivity index (χ3n) is 3.36. The van der Waals surface area contributed by atoms with Crippen LogP contribution in [0.1, 0.15) is 18.4 Å². The zero-order valence-electron chi connectivity index (χ0n) is 11.1. The maximum absolute atomic E-state index is 10.9. The van der Waals surface area contributed by atoms with Crippen molar-refractivity contribution in [3.05, 3.63) is 35.9 Å². The zero-order valence-corrected chi connectivity index (χ0v) is 11.1. The summed E-state index contributed by atoms with van der Waals surface area (Å²) < 4.78 is 0. The highest BCUT2D eigenvalue weighted by Crippen LogP contribution is 2.16. The van der Waals surface area contributed by atoms with Crippen LogP contribution < -0.4 is 5.73 Å². The highest BCUT2D eigenvalue weighted by Gasteiger charge is 2.44. The molecule has 6 heteroatoms. The lowest BCUT2D eigenvalue weighted by atomic mass is 9.88. The predicted octanol–water partition coefficient (Wildman–Crippen LogP) is -0.494. The fourth-order valence-electron chi connectivity index (χ4n) is 1.95. The van der Waals surface area contributed by atoms with Gasteiger partial charge in [-0.2, -0.15) is 0 Å². The van der Waals surface area contributed by atoms with Crippen LogP contribution in [-0.4, -0.2) is 50.7 Å². The number of carboxylic acids is 1. The standard InChI is InChI=1S/C14H21NO5/c15-14(9-16,13(19)20)12(18)11(17)8-4-7-10-5-2-1-3-6-10/h1-3,5-6,11-12,16-18H,4,7-9,15H2,(H,19,20). The summed E-state index contributed by atoms with van der Waals surface area (Å²) in [6.45, 7) is -0.945. The van der Waals surface area contributed by atoms with E-state index in [2.05, 4.69) is 0 Å². The highest BCUT2D eigenvalue weighted by molar-refractivity contribution is 5.79. The van der Waals surface area contributed by atoms with Gasteiger partial charge in [-0.05, 0) is 24.8 Å². The Balaban J connectivity index is 2.50. The molecular formula is C14H21NO5. The van der Waals surface area contributed by atoms with E-state index < -0.39 is 30.3 Å². The average Bonchev–Trinajstić information content (AvgIpc) is 2.46. The van der Waals surface area contributed by atoms with Crippen LogP contribution in [0.25, 0.3) is 0 Å². The Morgan fingerprint density at radius 3 is 2.35 bits per heavy atom. The van der Waals surface area contributed by atoms with E-state index in [1.807, 2.05) is 30.3 Å². The first-order valence-electron chi connectivity index (χ1n) is 6.45. The summed E-state index contributed by atoms with van der Waals surface area (Å²) >= 11 is 0. The molecule has 20 heavy (non-hydrogen) atoms. The van der Waals surface area contributed by atoms with Crippen LogP contribution in [0.4, 0.5) is 0 Å². The molecule has 0 aliphatic carbocycles. The van der Waals surface area contributed by atoms with E-state index in [-0.39, 0.29) is 6.42 Å². The molecule has 0 aliphatic rings. The summed E-state index contributed by atoms with van der Waals surface area (Å²) in [5.74, 6) is -1.55. The first kappa shape index (κ1) is 16.6. The summed E-state index contributed by atoms with van der Waals surface area (Å²) in [5.41, 5.74) is 4.26. The van der Waals surface area contributed by atoms with Crippen LogP contribution in [0, 0.1) is 0 Å². The van der Waals surface area contributed by atoms with Gasteiger partial charge in [0.15, 0.2) is 5.54 Å². The highest BCUT2D eigenvalue weighted by atomic mass is 16.4. The summed E-state index contributed by atoms with van der Waals surface area (Å²) in [7, 11) is 0. The Hall–Kier alpha value is -1.47. The van der Waals surface area contributed by atoms with Gasteiger partial charge >= 0.3 is 5.97 Å². The van der Waals surface area contributed by atoms with Gasteiger partial charge in [0.1, 0.15) is 6.10 Å². The molecule has 6 N–H and O–H groups in total. The van der Waals surface area contributed by atoms with Crippen LogP contribution in [0.3, 0.4) is 0 Å². The van der Waals surface area contributed by atoms with Gasteiger partial charge in [0.2, 0.25) is 0 Å². The van der Waals surface area contributed by atoms with Crippen molar-refractivity contribution in [3.8, 4) is 0 Å². The van der Waals surface area contributed by atoms with Crippen molar-refractivity contribution < 1.29 is 25.2 Å². The van der Waals surface area contributed by atoms with Crippen molar-refractivity contribution in [2.24, 2.45) is 5.73 Å². The van der Waals surface area contributed by atoms with E-state index in [4.69, 9.17) is 15.9 Å². The first-order chi connectivity index (χ1) is 9.41. The minimum atomic E-state index is -2.24. The molecule has 1 aromatic carbocycles. The Morgan fingerprint density at radius 1 is 1.25 bits per heavy atom. The number of rotatable bonds is 8. The van der Waals surface area contributed by atoms with Gasteiger partial charge in [-0.1, -0.05) is 30.3 Å². The number of aliphatic carboxylic acids is 1. The zero-order chi connectivity index (χ0) is 15.2. The summed E-state index contributed by atoms with van der Waals surface area (Å²) in [4.78, 5) is 10.9. The van der Waals surface area contributed by atoms with Crippen molar-refractivity contribution in [2.45, 2.75) is 37.0 Å². The normalized spacial score (nSPS) is 17.2. The third-order valence-corrected chi connectivity index (χ3v) is 3.36. The van der Waals surface area contributed by atoms with Crippen molar-refractivity contribution in [2.75, 3.05) is 6.61 Å². The maximum atomic E-state index is 10.9. The second kappa shape index (κ2) is 7.35. The van der Waals surface area contributed by atoms with Crippen LogP contribution >= 0.6 is 0 Å². The molecule has 0 aromatic heterocycles. The number of carbonyl (C=O) groups is 1. The largest absolute Gasteiger partial charge is 0.480 e. The van der Waals surface area contributed by atoms with Crippen molar-refractivity contribution in [3.63, 3.8) is 0 Å². The molecule has 3 atom stereocenters. The maximum Gasteiger partial charge on any atom is 0.328 e. The van der Waals surface area contributed by atoms with Gasteiger partial charge in [-0.15, -0.1) is 0 Å². The van der Waals surface area contributed by atoms with Crippen LogP contribution in [0.15, 0.2) is 30.3 Å². The molecule has 0 fully saturated rings. The van der Waals surface area contributed by atoms with Crippen molar-refractivity contribution in [1.82, 2.24) is 0 Å². The van der Waals surface area contributed by atoms with Crippen molar-refractivity contribution in [1.29, 1.82) is 0 Å². The minimum absolute atomic E-state index is 0.197. The topological polar surface area (TPSA) is 124 Å². The predicted molar refractivity (Wildman–Crippen MR) is 73.0 cm³/mol. The number of nitrogens with two attached hydrogens (primary N) is 1. The van der Waals surface area contributed by atoms with Gasteiger partial charge in [-0.25, -0.2) is 0 Å². The lowest BCUT2D eigenvalue weighted by molar-refractivity contribution is -0.155. The number of aliphatic hydroxyl groups is 3. The molecular weight excluding hydrogens is 262 g/mol. The third kappa shape index (κ3) is 4.01. The Morgan fingerprint density at radius 2 is 1.85 bits per heavy atom. The van der Waals surface area contributed by atoms with Crippen LogP contribution in [0.2, 0.25) is 0 Å². The molecule has 112 valence electrons. The molecule has 1 aromatic rings. The first-order valence-corrected chi connectivity index (χ1v) is 6.45. The second-order valence-electron chi connectivity index (χ2n) is 4.89. The fourth-order valence-corrected chi connectivity index (χ4v) is 1.95. The lowest BCUT2D eigenvalue weighted by Gasteiger charge is -2.31. The quantitative estimate of drug-likeness (QED) is 0.438. The molecule has 1 rings (SSSR count). The van der Waals surface area contributed by atoms with E-state index >= 15 is 0 Å². The number of benzene rings is 1. The number of hydrogen-bond donors (Lipinski definition) is 5. The Bertz CT molecular complexity index is 425. The number of aryl methyl sites for hydroxylation is 1. The number of hydrogen-bond acceptors (Lipinski definition) is 5. The molecule has 0 radical (unpaired) electrons. The summed E-state index contributed by atoms with van der Waals surface area (Å²) in [6, 6.07) is 9.60. The fraction of sp³-hybridized carbons (Fsp3) is 0.500. The minimum Gasteiger partial charge on any atom is -0.480 e. The van der Waals surface area contributed by atoms with Crippen LogP contribution in [-0.2, 0) is 11.2 Å². The SMILES string of the molecule is NC(CO)(C(=O)O)C(O)C(O)CCCc1ccccc1. The average molecular weight is 283 g/mol. The molecule has 0 heterocycles. The molecule has 3 unspecified atom stereocenters. The second-order valence-corrected chi connectivity index (χ2v) is 4.89.